The highest BCUT2D eigenvalue weighted by molar-refractivity contribution is 5.96. The predicted octanol–water partition coefficient (Wildman–Crippen LogP) is 3.65. The normalized spacial score (nSPS) is 19.6. The number of Topliss-reactive ketones (excluding diaryl/α,β-unsaturated/α-hetero) is 1. The number of carbonyl (C=O) groups excluding carboxylic acids is 1. The zero-order valence-corrected chi connectivity index (χ0v) is 11.5. The maximum atomic E-state index is 11.6. The molecule has 0 amide bonds. The minimum Gasteiger partial charge on any atom is -0.487 e. The lowest BCUT2D eigenvalue weighted by Crippen LogP contribution is -2.42. The topological polar surface area (TPSA) is 26.3 Å². The van der Waals surface area contributed by atoms with Crippen molar-refractivity contribution in [3.8, 4) is 5.75 Å². The molecule has 2 nitrogen and oxygen atoms in total. The molecule has 0 bridgehead atoms. The minimum absolute atomic E-state index is 0.0831. The van der Waals surface area contributed by atoms with Crippen molar-refractivity contribution in [3.63, 3.8) is 0 Å². The summed E-state index contributed by atoms with van der Waals surface area (Å²) in [4.78, 5) is 11.6. The van der Waals surface area contributed by atoms with E-state index in [-0.39, 0.29) is 16.8 Å². The highest BCUT2D eigenvalue weighted by Crippen LogP contribution is 2.49. The van der Waals surface area contributed by atoms with Gasteiger partial charge in [0.25, 0.3) is 0 Å². The summed E-state index contributed by atoms with van der Waals surface area (Å²) in [5, 5.41) is 0. The Morgan fingerprint density at radius 1 is 1.18 bits per heavy atom. The van der Waals surface area contributed by atoms with Crippen LogP contribution in [0.2, 0.25) is 0 Å². The van der Waals surface area contributed by atoms with E-state index in [1.807, 2.05) is 19.1 Å². The van der Waals surface area contributed by atoms with Gasteiger partial charge in [0, 0.05) is 16.5 Å². The Morgan fingerprint density at radius 2 is 1.76 bits per heavy atom. The smallest absolute Gasteiger partial charge is 0.160 e. The number of ketones is 1. The van der Waals surface area contributed by atoms with Crippen molar-refractivity contribution in [2.24, 2.45) is 0 Å². The average molecular weight is 232 g/mol. The molecule has 92 valence electrons. The number of hydrogen-bond donors (Lipinski definition) is 0. The molecule has 0 saturated carbocycles. The highest BCUT2D eigenvalue weighted by atomic mass is 16.5. The van der Waals surface area contributed by atoms with Gasteiger partial charge in [-0.15, -0.1) is 0 Å². The number of aryl methyl sites for hydroxylation is 1. The SMILES string of the molecule is CC(=O)c1cc2c(cc1C)OC(C)(C)C2(C)C. The first kappa shape index (κ1) is 12.2. The fourth-order valence-corrected chi connectivity index (χ4v) is 2.36. The lowest BCUT2D eigenvalue weighted by atomic mass is 9.73. The summed E-state index contributed by atoms with van der Waals surface area (Å²) in [7, 11) is 0. The standard InChI is InChI=1S/C15H20O2/c1-9-7-13-12(8-11(9)10(2)16)14(3,4)15(5,6)17-13/h7-8H,1-6H3. The van der Waals surface area contributed by atoms with Crippen LogP contribution in [0, 0.1) is 6.92 Å². The summed E-state index contributed by atoms with van der Waals surface area (Å²) >= 11 is 0. The summed E-state index contributed by atoms with van der Waals surface area (Å²) in [6, 6.07) is 3.99. The van der Waals surface area contributed by atoms with E-state index < -0.39 is 0 Å². The molecule has 0 aliphatic carbocycles. The molecule has 0 spiro atoms. The van der Waals surface area contributed by atoms with Crippen molar-refractivity contribution in [1.82, 2.24) is 0 Å². The van der Waals surface area contributed by atoms with Crippen molar-refractivity contribution in [2.75, 3.05) is 0 Å². The zero-order valence-electron chi connectivity index (χ0n) is 11.5. The molecule has 2 heteroatoms. The number of hydrogen-bond acceptors (Lipinski definition) is 2. The van der Waals surface area contributed by atoms with E-state index in [0.717, 1.165) is 22.4 Å². The Labute approximate surface area is 103 Å². The second-order valence-electron chi connectivity index (χ2n) is 5.96. The van der Waals surface area contributed by atoms with Crippen molar-refractivity contribution >= 4 is 5.78 Å². The first-order valence-corrected chi connectivity index (χ1v) is 6.02. The molecule has 0 N–H and O–H groups in total. The number of benzene rings is 1. The van der Waals surface area contributed by atoms with Crippen LogP contribution in [0.15, 0.2) is 12.1 Å². The highest BCUT2D eigenvalue weighted by Gasteiger charge is 2.48. The van der Waals surface area contributed by atoms with Gasteiger partial charge in [-0.05, 0) is 45.4 Å². The maximum absolute atomic E-state index is 11.6. The summed E-state index contributed by atoms with van der Waals surface area (Å²) in [6.45, 7) is 12.1. The monoisotopic (exact) mass is 232 g/mol. The minimum atomic E-state index is -0.239. The van der Waals surface area contributed by atoms with Gasteiger partial charge in [-0.2, -0.15) is 0 Å². The van der Waals surface area contributed by atoms with Crippen molar-refractivity contribution in [1.29, 1.82) is 0 Å². The molecule has 1 aliphatic heterocycles. The van der Waals surface area contributed by atoms with Gasteiger partial charge in [0.05, 0.1) is 0 Å². The van der Waals surface area contributed by atoms with Gasteiger partial charge in [-0.25, -0.2) is 0 Å². The van der Waals surface area contributed by atoms with E-state index in [2.05, 4.69) is 27.7 Å². The molecule has 0 radical (unpaired) electrons. The second kappa shape index (κ2) is 3.34. The number of carbonyl (C=O) groups is 1. The van der Waals surface area contributed by atoms with E-state index in [9.17, 15) is 4.79 Å². The molecule has 1 aliphatic rings. The average Bonchev–Trinajstić information content (AvgIpc) is 2.31. The Kier molecular flexibility index (Phi) is 2.39. The van der Waals surface area contributed by atoms with Crippen LogP contribution in [0.4, 0.5) is 0 Å². The Balaban J connectivity index is 2.67. The molecule has 2 rings (SSSR count). The van der Waals surface area contributed by atoms with Crippen LogP contribution < -0.4 is 4.74 Å². The Hall–Kier alpha value is -1.31. The molecule has 1 heterocycles. The summed E-state index contributed by atoms with van der Waals surface area (Å²) in [5.74, 6) is 1.04. The molecule has 0 saturated heterocycles. The molecular formula is C15H20O2. The lowest BCUT2D eigenvalue weighted by Gasteiger charge is -2.33. The fraction of sp³-hybridized carbons (Fsp3) is 0.533. The Bertz CT molecular complexity index is 496. The van der Waals surface area contributed by atoms with Crippen LogP contribution >= 0.6 is 0 Å². The van der Waals surface area contributed by atoms with Crippen LogP contribution in [0.1, 0.15) is 56.1 Å². The van der Waals surface area contributed by atoms with E-state index >= 15 is 0 Å². The summed E-state index contributed by atoms with van der Waals surface area (Å²) in [6.07, 6.45) is 0. The molecule has 1 aromatic carbocycles. The Morgan fingerprint density at radius 3 is 2.29 bits per heavy atom. The number of ether oxygens (including phenoxy) is 1. The van der Waals surface area contributed by atoms with E-state index in [4.69, 9.17) is 4.74 Å². The van der Waals surface area contributed by atoms with Crippen molar-refractivity contribution < 1.29 is 9.53 Å². The first-order chi connectivity index (χ1) is 7.67. The molecule has 17 heavy (non-hydrogen) atoms. The van der Waals surface area contributed by atoms with Crippen molar-refractivity contribution in [3.05, 3.63) is 28.8 Å². The quantitative estimate of drug-likeness (QED) is 0.691. The van der Waals surface area contributed by atoms with Gasteiger partial charge in [-0.1, -0.05) is 13.8 Å². The number of fused-ring (bicyclic) bond motifs is 1. The van der Waals surface area contributed by atoms with Gasteiger partial charge >= 0.3 is 0 Å². The lowest BCUT2D eigenvalue weighted by molar-refractivity contribution is 0.0712. The van der Waals surface area contributed by atoms with Gasteiger partial charge in [0.15, 0.2) is 5.78 Å². The molecule has 0 aromatic heterocycles. The van der Waals surface area contributed by atoms with Crippen molar-refractivity contribution in [2.45, 2.75) is 52.6 Å². The van der Waals surface area contributed by atoms with E-state index in [1.54, 1.807) is 6.92 Å². The van der Waals surface area contributed by atoms with Crippen LogP contribution in [-0.2, 0) is 5.41 Å². The zero-order chi connectivity index (χ0) is 13.0. The molecule has 0 atom stereocenters. The van der Waals surface area contributed by atoms with Gasteiger partial charge in [0.1, 0.15) is 11.4 Å². The molecule has 0 fully saturated rings. The third-order valence-electron chi connectivity index (χ3n) is 4.25. The largest absolute Gasteiger partial charge is 0.487 e. The van der Waals surface area contributed by atoms with Gasteiger partial charge in [-0.3, -0.25) is 4.79 Å². The molecular weight excluding hydrogens is 212 g/mol. The van der Waals surface area contributed by atoms with Gasteiger partial charge in [0.2, 0.25) is 0 Å². The van der Waals surface area contributed by atoms with Crippen LogP contribution in [0.3, 0.4) is 0 Å². The van der Waals surface area contributed by atoms with E-state index in [0.29, 0.717) is 0 Å². The molecule has 0 unspecified atom stereocenters. The summed E-state index contributed by atoms with van der Waals surface area (Å²) in [5.41, 5.74) is 2.61. The van der Waals surface area contributed by atoms with E-state index in [1.165, 1.54) is 0 Å². The number of rotatable bonds is 1. The third kappa shape index (κ3) is 1.58. The van der Waals surface area contributed by atoms with Crippen LogP contribution in [-0.4, -0.2) is 11.4 Å². The van der Waals surface area contributed by atoms with Crippen LogP contribution in [0.25, 0.3) is 0 Å². The fourth-order valence-electron chi connectivity index (χ4n) is 2.36. The first-order valence-electron chi connectivity index (χ1n) is 6.02. The molecule has 1 aromatic rings. The third-order valence-corrected chi connectivity index (χ3v) is 4.25. The maximum Gasteiger partial charge on any atom is 0.160 e. The van der Waals surface area contributed by atoms with Crippen LogP contribution in [0.5, 0.6) is 5.75 Å². The second-order valence-corrected chi connectivity index (χ2v) is 5.96. The van der Waals surface area contributed by atoms with Gasteiger partial charge < -0.3 is 4.74 Å². The predicted molar refractivity (Wildman–Crippen MR) is 68.9 cm³/mol. The summed E-state index contributed by atoms with van der Waals surface area (Å²) < 4.78 is 6.01.